The first-order chi connectivity index (χ1) is 9.13. The van der Waals surface area contributed by atoms with Gasteiger partial charge >= 0.3 is 0 Å². The van der Waals surface area contributed by atoms with E-state index in [-0.39, 0.29) is 5.84 Å². The highest BCUT2D eigenvalue weighted by atomic mass is 16.4. The van der Waals surface area contributed by atoms with Crippen molar-refractivity contribution < 1.29 is 5.21 Å². The molecule has 0 atom stereocenters. The summed E-state index contributed by atoms with van der Waals surface area (Å²) in [5.74, 6) is 0.0350. The van der Waals surface area contributed by atoms with Crippen molar-refractivity contribution in [2.24, 2.45) is 10.9 Å². The summed E-state index contributed by atoms with van der Waals surface area (Å²) in [5, 5.41) is 14.9. The molecule has 0 fully saturated rings. The van der Waals surface area contributed by atoms with Gasteiger partial charge in [0, 0.05) is 12.7 Å². The topological polar surface area (TPSA) is 86.8 Å². The minimum Gasteiger partial charge on any atom is -0.409 e. The number of hydrogen-bond donors (Lipinski definition) is 3. The Kier molecular flexibility index (Phi) is 6.84. The van der Waals surface area contributed by atoms with Crippen LogP contribution in [0.3, 0.4) is 0 Å². The monoisotopic (exact) mass is 265 g/mol. The molecule has 4 N–H and O–H groups in total. The Labute approximate surface area is 114 Å². The Morgan fingerprint density at radius 2 is 2.26 bits per heavy atom. The van der Waals surface area contributed by atoms with Crippen molar-refractivity contribution in [1.29, 1.82) is 0 Å². The van der Waals surface area contributed by atoms with E-state index < -0.39 is 0 Å². The van der Waals surface area contributed by atoms with Gasteiger partial charge in [0.15, 0.2) is 5.84 Å². The van der Waals surface area contributed by atoms with E-state index in [0.717, 1.165) is 31.6 Å². The predicted molar refractivity (Wildman–Crippen MR) is 76.2 cm³/mol. The van der Waals surface area contributed by atoms with E-state index in [4.69, 9.17) is 10.9 Å². The fourth-order valence-corrected chi connectivity index (χ4v) is 1.69. The lowest BCUT2D eigenvalue weighted by atomic mass is 10.2. The SMILES string of the molecule is CN(C)CCCCNCc1ccnc(C(N)=NO)c1. The summed E-state index contributed by atoms with van der Waals surface area (Å²) in [6.45, 7) is 2.86. The number of aromatic nitrogens is 1. The summed E-state index contributed by atoms with van der Waals surface area (Å²) in [7, 11) is 4.16. The van der Waals surface area contributed by atoms with E-state index in [1.54, 1.807) is 6.20 Å². The number of nitrogens with zero attached hydrogens (tertiary/aromatic N) is 3. The standard InChI is InChI=1S/C13H23N5O/c1-18(2)8-4-3-6-15-10-11-5-7-16-12(9-11)13(14)17-19/h5,7,9,15,19H,3-4,6,8,10H2,1-2H3,(H2,14,17). The van der Waals surface area contributed by atoms with Gasteiger partial charge in [-0.15, -0.1) is 0 Å². The second kappa shape index (κ2) is 8.44. The summed E-state index contributed by atoms with van der Waals surface area (Å²) in [5.41, 5.74) is 7.07. The average molecular weight is 265 g/mol. The molecule has 0 aliphatic rings. The fraction of sp³-hybridized carbons (Fsp3) is 0.538. The van der Waals surface area contributed by atoms with Crippen molar-refractivity contribution in [3.63, 3.8) is 0 Å². The zero-order valence-electron chi connectivity index (χ0n) is 11.6. The molecule has 0 aromatic carbocycles. The van der Waals surface area contributed by atoms with Crippen LogP contribution in [0.15, 0.2) is 23.5 Å². The van der Waals surface area contributed by atoms with Crippen LogP contribution in [0.1, 0.15) is 24.1 Å². The van der Waals surface area contributed by atoms with Gasteiger partial charge in [0.05, 0.1) is 0 Å². The third-order valence-corrected chi connectivity index (χ3v) is 2.73. The highest BCUT2D eigenvalue weighted by molar-refractivity contribution is 5.95. The smallest absolute Gasteiger partial charge is 0.188 e. The van der Waals surface area contributed by atoms with Gasteiger partial charge in [-0.05, 0) is 57.7 Å². The Bertz CT molecular complexity index is 406. The van der Waals surface area contributed by atoms with E-state index in [0.29, 0.717) is 5.69 Å². The molecule has 1 aromatic heterocycles. The predicted octanol–water partition coefficient (Wildman–Crippen LogP) is 0.608. The lowest BCUT2D eigenvalue weighted by Gasteiger charge is -2.09. The van der Waals surface area contributed by atoms with Gasteiger partial charge in [-0.25, -0.2) is 0 Å². The third-order valence-electron chi connectivity index (χ3n) is 2.73. The molecule has 1 rings (SSSR count). The van der Waals surface area contributed by atoms with Crippen LogP contribution in [0.4, 0.5) is 0 Å². The van der Waals surface area contributed by atoms with Crippen LogP contribution in [0, 0.1) is 0 Å². The molecule has 6 heteroatoms. The zero-order chi connectivity index (χ0) is 14.1. The van der Waals surface area contributed by atoms with Crippen molar-refractivity contribution in [2.45, 2.75) is 19.4 Å². The van der Waals surface area contributed by atoms with Gasteiger partial charge < -0.3 is 21.2 Å². The minimum absolute atomic E-state index is 0.0350. The molecule has 19 heavy (non-hydrogen) atoms. The molecule has 106 valence electrons. The van der Waals surface area contributed by atoms with Gasteiger partial charge in [0.1, 0.15) is 5.69 Å². The highest BCUT2D eigenvalue weighted by Crippen LogP contribution is 2.01. The number of pyridine rings is 1. The molecular weight excluding hydrogens is 242 g/mol. The molecule has 1 heterocycles. The van der Waals surface area contributed by atoms with Crippen LogP contribution in [0.2, 0.25) is 0 Å². The fourth-order valence-electron chi connectivity index (χ4n) is 1.69. The second-order valence-electron chi connectivity index (χ2n) is 4.72. The molecule has 1 aromatic rings. The Morgan fingerprint density at radius 1 is 1.47 bits per heavy atom. The molecule has 0 aliphatic heterocycles. The number of rotatable bonds is 8. The molecule has 6 nitrogen and oxygen atoms in total. The summed E-state index contributed by atoms with van der Waals surface area (Å²) in [6, 6.07) is 3.74. The number of hydrogen-bond acceptors (Lipinski definition) is 5. The lowest BCUT2D eigenvalue weighted by molar-refractivity contribution is 0.318. The highest BCUT2D eigenvalue weighted by Gasteiger charge is 2.01. The molecule has 0 radical (unpaired) electrons. The van der Waals surface area contributed by atoms with Crippen molar-refractivity contribution in [1.82, 2.24) is 15.2 Å². The van der Waals surface area contributed by atoms with Gasteiger partial charge in [-0.3, -0.25) is 4.98 Å². The molecule has 0 unspecified atom stereocenters. The van der Waals surface area contributed by atoms with Gasteiger partial charge in [0.2, 0.25) is 0 Å². The number of unbranched alkanes of at least 4 members (excludes halogenated alkanes) is 1. The number of oxime groups is 1. The Hall–Kier alpha value is -1.66. The molecule has 0 spiro atoms. The van der Waals surface area contributed by atoms with Crippen LogP contribution in [0.5, 0.6) is 0 Å². The normalized spacial score (nSPS) is 12.1. The van der Waals surface area contributed by atoms with Crippen molar-refractivity contribution >= 4 is 5.84 Å². The first-order valence-corrected chi connectivity index (χ1v) is 6.41. The number of amidine groups is 1. The second-order valence-corrected chi connectivity index (χ2v) is 4.72. The minimum atomic E-state index is 0.0350. The van der Waals surface area contributed by atoms with E-state index in [9.17, 15) is 0 Å². The zero-order valence-corrected chi connectivity index (χ0v) is 11.6. The van der Waals surface area contributed by atoms with Gasteiger partial charge in [-0.2, -0.15) is 0 Å². The lowest BCUT2D eigenvalue weighted by Crippen LogP contribution is -2.19. The van der Waals surface area contributed by atoms with Crippen molar-refractivity contribution in [3.8, 4) is 0 Å². The quantitative estimate of drug-likeness (QED) is 0.211. The van der Waals surface area contributed by atoms with Crippen LogP contribution in [0.25, 0.3) is 0 Å². The largest absolute Gasteiger partial charge is 0.409 e. The van der Waals surface area contributed by atoms with Gasteiger partial charge in [0.25, 0.3) is 0 Å². The summed E-state index contributed by atoms with van der Waals surface area (Å²) >= 11 is 0. The van der Waals surface area contributed by atoms with E-state index in [2.05, 4.69) is 34.5 Å². The third kappa shape index (κ3) is 6.17. The maximum absolute atomic E-state index is 8.60. The van der Waals surface area contributed by atoms with Crippen LogP contribution in [-0.2, 0) is 6.54 Å². The van der Waals surface area contributed by atoms with Gasteiger partial charge in [-0.1, -0.05) is 5.16 Å². The van der Waals surface area contributed by atoms with Crippen LogP contribution in [-0.4, -0.2) is 48.1 Å². The Morgan fingerprint density at radius 3 is 2.95 bits per heavy atom. The molecular formula is C13H23N5O. The van der Waals surface area contributed by atoms with Crippen molar-refractivity contribution in [2.75, 3.05) is 27.2 Å². The number of nitrogens with two attached hydrogens (primary N) is 1. The molecule has 0 amide bonds. The Balaban J connectivity index is 2.30. The molecule has 0 saturated carbocycles. The van der Waals surface area contributed by atoms with Crippen molar-refractivity contribution in [3.05, 3.63) is 29.6 Å². The number of nitrogens with one attached hydrogen (secondary N) is 1. The van der Waals surface area contributed by atoms with E-state index in [1.165, 1.54) is 6.42 Å². The van der Waals surface area contributed by atoms with Crippen LogP contribution < -0.4 is 11.1 Å². The summed E-state index contributed by atoms with van der Waals surface area (Å²) < 4.78 is 0. The first-order valence-electron chi connectivity index (χ1n) is 6.41. The molecule has 0 bridgehead atoms. The van der Waals surface area contributed by atoms with E-state index in [1.807, 2.05) is 12.1 Å². The molecule has 0 saturated heterocycles. The first kappa shape index (κ1) is 15.4. The maximum Gasteiger partial charge on any atom is 0.188 e. The van der Waals surface area contributed by atoms with E-state index >= 15 is 0 Å². The maximum atomic E-state index is 8.60. The summed E-state index contributed by atoms with van der Waals surface area (Å²) in [6.07, 6.45) is 4.00. The van der Waals surface area contributed by atoms with Crippen LogP contribution >= 0.6 is 0 Å². The summed E-state index contributed by atoms with van der Waals surface area (Å²) in [4.78, 5) is 6.22. The molecule has 0 aliphatic carbocycles. The average Bonchev–Trinajstić information content (AvgIpc) is 2.41.